The molecule has 1 aliphatic heterocycles. The number of benzene rings is 1. The highest BCUT2D eigenvalue weighted by molar-refractivity contribution is 5.97. The molecule has 1 aromatic rings. The van der Waals surface area contributed by atoms with Crippen LogP contribution in [-0.2, 0) is 0 Å². The highest BCUT2D eigenvalue weighted by Gasteiger charge is 2.20. The van der Waals surface area contributed by atoms with E-state index in [0.29, 0.717) is 0 Å². The van der Waals surface area contributed by atoms with Gasteiger partial charge in [-0.15, -0.1) is 0 Å². The maximum Gasteiger partial charge on any atom is 0.166 e. The lowest BCUT2D eigenvalue weighted by molar-refractivity contribution is 0.0903. The molecule has 1 aliphatic rings. The summed E-state index contributed by atoms with van der Waals surface area (Å²) in [6, 6.07) is 7.91. The van der Waals surface area contributed by atoms with Crippen molar-refractivity contribution in [3.63, 3.8) is 0 Å². The van der Waals surface area contributed by atoms with E-state index in [2.05, 4.69) is 4.90 Å². The summed E-state index contributed by atoms with van der Waals surface area (Å²) in [5.74, 6) is 0.385. The van der Waals surface area contributed by atoms with E-state index in [9.17, 15) is 4.79 Å². The summed E-state index contributed by atoms with van der Waals surface area (Å²) < 4.78 is 0. The first-order chi connectivity index (χ1) is 8.16. The molecule has 0 amide bonds. The third-order valence-electron chi connectivity index (χ3n) is 3.48. The topological polar surface area (TPSA) is 20.3 Å². The zero-order valence-corrected chi connectivity index (χ0v) is 10.8. The van der Waals surface area contributed by atoms with E-state index in [4.69, 9.17) is 0 Å². The first-order valence-corrected chi connectivity index (χ1v) is 6.50. The minimum atomic E-state index is 0.106. The summed E-state index contributed by atoms with van der Waals surface area (Å²) in [4.78, 5) is 14.7. The van der Waals surface area contributed by atoms with Crippen molar-refractivity contribution in [1.29, 1.82) is 0 Å². The quantitative estimate of drug-likeness (QED) is 0.743. The highest BCUT2D eigenvalue weighted by Crippen LogP contribution is 2.15. The average Bonchev–Trinajstić information content (AvgIpc) is 2.80. The molecule has 0 radical (unpaired) electrons. The SMILES string of the molecule is Cc1cccc(C(=O)C(C)CN2CCCC2)c1. The normalized spacial score (nSPS) is 18.2. The smallest absolute Gasteiger partial charge is 0.166 e. The number of aryl methyl sites for hydroxylation is 1. The first-order valence-electron chi connectivity index (χ1n) is 6.50. The van der Waals surface area contributed by atoms with Gasteiger partial charge in [0, 0.05) is 18.0 Å². The van der Waals surface area contributed by atoms with Crippen LogP contribution in [-0.4, -0.2) is 30.3 Å². The maximum absolute atomic E-state index is 12.3. The number of rotatable bonds is 4. The first kappa shape index (κ1) is 12.3. The molecule has 0 bridgehead atoms. The second-order valence-electron chi connectivity index (χ2n) is 5.14. The van der Waals surface area contributed by atoms with Crippen molar-refractivity contribution in [3.8, 4) is 0 Å². The van der Waals surface area contributed by atoms with Crippen molar-refractivity contribution >= 4 is 5.78 Å². The van der Waals surface area contributed by atoms with E-state index in [1.54, 1.807) is 0 Å². The molecule has 2 rings (SSSR count). The van der Waals surface area contributed by atoms with Gasteiger partial charge in [0.25, 0.3) is 0 Å². The predicted octanol–water partition coefficient (Wildman–Crippen LogP) is 2.91. The Morgan fingerprint density at radius 1 is 1.35 bits per heavy atom. The molecule has 0 aromatic heterocycles. The number of hydrogen-bond donors (Lipinski definition) is 0. The Hall–Kier alpha value is -1.15. The van der Waals surface area contributed by atoms with Gasteiger partial charge in [-0.3, -0.25) is 4.79 Å². The van der Waals surface area contributed by atoms with E-state index in [0.717, 1.165) is 30.8 Å². The summed E-state index contributed by atoms with van der Waals surface area (Å²) in [6.45, 7) is 7.30. The van der Waals surface area contributed by atoms with Crippen molar-refractivity contribution in [2.24, 2.45) is 5.92 Å². The number of likely N-dealkylation sites (tertiary alicyclic amines) is 1. The molecule has 0 N–H and O–H groups in total. The summed E-state index contributed by atoms with van der Waals surface area (Å²) in [5, 5.41) is 0. The Balaban J connectivity index is 1.98. The zero-order valence-electron chi connectivity index (χ0n) is 10.8. The molecule has 1 saturated heterocycles. The monoisotopic (exact) mass is 231 g/mol. The van der Waals surface area contributed by atoms with Crippen LogP contribution in [0.4, 0.5) is 0 Å². The fourth-order valence-corrected chi connectivity index (χ4v) is 2.52. The van der Waals surface area contributed by atoms with Crippen LogP contribution < -0.4 is 0 Å². The predicted molar refractivity (Wildman–Crippen MR) is 70.3 cm³/mol. The Bertz CT molecular complexity index is 394. The van der Waals surface area contributed by atoms with Crippen molar-refractivity contribution < 1.29 is 4.79 Å². The van der Waals surface area contributed by atoms with Gasteiger partial charge >= 0.3 is 0 Å². The fourth-order valence-electron chi connectivity index (χ4n) is 2.52. The number of nitrogens with zero attached hydrogens (tertiary/aromatic N) is 1. The number of Topliss-reactive ketones (excluding diaryl/α,β-unsaturated/α-hetero) is 1. The number of carbonyl (C=O) groups is 1. The minimum absolute atomic E-state index is 0.106. The zero-order chi connectivity index (χ0) is 12.3. The molecule has 1 heterocycles. The molecule has 0 saturated carbocycles. The van der Waals surface area contributed by atoms with Crippen molar-refractivity contribution in [1.82, 2.24) is 4.90 Å². The summed E-state index contributed by atoms with van der Waals surface area (Å²) >= 11 is 0. The second-order valence-corrected chi connectivity index (χ2v) is 5.14. The Kier molecular flexibility index (Phi) is 3.95. The van der Waals surface area contributed by atoms with Gasteiger partial charge in [-0.1, -0.05) is 30.7 Å². The van der Waals surface area contributed by atoms with Crippen LogP contribution in [0.15, 0.2) is 24.3 Å². The van der Waals surface area contributed by atoms with Crippen LogP contribution in [0.1, 0.15) is 35.7 Å². The van der Waals surface area contributed by atoms with Gasteiger partial charge in [0.2, 0.25) is 0 Å². The number of carbonyl (C=O) groups excluding carboxylic acids is 1. The highest BCUT2D eigenvalue weighted by atomic mass is 16.1. The standard InChI is InChI=1S/C15H21NO/c1-12-6-5-7-14(10-12)15(17)13(2)11-16-8-3-4-9-16/h5-7,10,13H,3-4,8-9,11H2,1-2H3. The van der Waals surface area contributed by atoms with Crippen LogP contribution >= 0.6 is 0 Å². The van der Waals surface area contributed by atoms with Crippen LogP contribution in [0.3, 0.4) is 0 Å². The van der Waals surface area contributed by atoms with Crippen LogP contribution in [0.2, 0.25) is 0 Å². The van der Waals surface area contributed by atoms with E-state index in [-0.39, 0.29) is 11.7 Å². The molecular weight excluding hydrogens is 210 g/mol. The number of hydrogen-bond acceptors (Lipinski definition) is 2. The minimum Gasteiger partial charge on any atom is -0.303 e. The van der Waals surface area contributed by atoms with E-state index in [1.807, 2.05) is 38.1 Å². The molecule has 0 spiro atoms. The molecule has 2 nitrogen and oxygen atoms in total. The summed E-state index contributed by atoms with van der Waals surface area (Å²) in [5.41, 5.74) is 2.01. The molecule has 0 aliphatic carbocycles. The third-order valence-corrected chi connectivity index (χ3v) is 3.48. The number of ketones is 1. The van der Waals surface area contributed by atoms with Gasteiger partial charge in [0.05, 0.1) is 0 Å². The van der Waals surface area contributed by atoms with Crippen LogP contribution in [0, 0.1) is 12.8 Å². The lowest BCUT2D eigenvalue weighted by Crippen LogP contribution is -2.29. The molecule has 1 aromatic carbocycles. The van der Waals surface area contributed by atoms with Gasteiger partial charge in [0.15, 0.2) is 5.78 Å². The molecular formula is C15H21NO. The summed E-state index contributed by atoms with van der Waals surface area (Å²) in [7, 11) is 0. The van der Waals surface area contributed by atoms with Crippen LogP contribution in [0.5, 0.6) is 0 Å². The van der Waals surface area contributed by atoms with Crippen molar-refractivity contribution in [2.75, 3.05) is 19.6 Å². The Morgan fingerprint density at radius 3 is 2.71 bits per heavy atom. The maximum atomic E-state index is 12.3. The third kappa shape index (κ3) is 3.16. The van der Waals surface area contributed by atoms with Gasteiger partial charge < -0.3 is 4.90 Å². The van der Waals surface area contributed by atoms with Gasteiger partial charge in [0.1, 0.15) is 0 Å². The average molecular weight is 231 g/mol. The van der Waals surface area contributed by atoms with Crippen molar-refractivity contribution in [2.45, 2.75) is 26.7 Å². The molecule has 1 fully saturated rings. The molecule has 1 atom stereocenters. The second kappa shape index (κ2) is 5.46. The van der Waals surface area contributed by atoms with Gasteiger partial charge in [-0.25, -0.2) is 0 Å². The van der Waals surface area contributed by atoms with Crippen molar-refractivity contribution in [3.05, 3.63) is 35.4 Å². The largest absolute Gasteiger partial charge is 0.303 e. The Morgan fingerprint density at radius 2 is 2.06 bits per heavy atom. The van der Waals surface area contributed by atoms with Gasteiger partial charge in [-0.05, 0) is 38.9 Å². The van der Waals surface area contributed by atoms with Gasteiger partial charge in [-0.2, -0.15) is 0 Å². The van der Waals surface area contributed by atoms with Crippen LogP contribution in [0.25, 0.3) is 0 Å². The lowest BCUT2D eigenvalue weighted by Gasteiger charge is -2.19. The van der Waals surface area contributed by atoms with E-state index in [1.165, 1.54) is 12.8 Å². The van der Waals surface area contributed by atoms with E-state index >= 15 is 0 Å². The molecule has 1 unspecified atom stereocenters. The Labute approximate surface area is 104 Å². The summed E-state index contributed by atoms with van der Waals surface area (Å²) in [6.07, 6.45) is 2.57. The van der Waals surface area contributed by atoms with E-state index < -0.39 is 0 Å². The fraction of sp³-hybridized carbons (Fsp3) is 0.533. The molecule has 17 heavy (non-hydrogen) atoms. The lowest BCUT2D eigenvalue weighted by atomic mass is 9.98. The molecule has 92 valence electrons. The molecule has 2 heteroatoms.